The van der Waals surface area contributed by atoms with Gasteiger partial charge in [0.2, 0.25) is 11.8 Å². The number of nitro benzene ring substituents is 1. The Morgan fingerprint density at radius 1 is 1.26 bits per heavy atom. The summed E-state index contributed by atoms with van der Waals surface area (Å²) in [5.74, 6) is -0.275. The summed E-state index contributed by atoms with van der Waals surface area (Å²) < 4.78 is 21.3. The standard InChI is InChI=1S/C21H17FN6O3/c1-31-19-8-15(22)18(28(29)30)9-16(19)25-21-24-11-23-20(26-21)14-10-27(12-6-7-12)17-5-3-2-4-13(14)17/h2-5,8-12H,6-7H2,1H3,(H,23,24,25,26). The number of aromatic nitrogens is 4. The lowest BCUT2D eigenvalue weighted by Crippen LogP contribution is -2.03. The van der Waals surface area contributed by atoms with Crippen LogP contribution in [0.5, 0.6) is 5.75 Å². The van der Waals surface area contributed by atoms with Crippen LogP contribution in [0.25, 0.3) is 22.3 Å². The van der Waals surface area contributed by atoms with Gasteiger partial charge in [0.1, 0.15) is 12.1 Å². The minimum atomic E-state index is -0.989. The van der Waals surface area contributed by atoms with E-state index in [0.29, 0.717) is 11.9 Å². The Hall–Kier alpha value is -4.08. The van der Waals surface area contributed by atoms with E-state index >= 15 is 0 Å². The molecule has 1 saturated carbocycles. The van der Waals surface area contributed by atoms with Crippen LogP contribution in [0, 0.1) is 15.9 Å². The molecule has 0 atom stereocenters. The van der Waals surface area contributed by atoms with Crippen LogP contribution in [-0.2, 0) is 0 Å². The number of nitrogens with one attached hydrogen (secondary N) is 1. The summed E-state index contributed by atoms with van der Waals surface area (Å²) in [4.78, 5) is 23.2. The Kier molecular flexibility index (Phi) is 4.46. The number of benzene rings is 2. The van der Waals surface area contributed by atoms with Gasteiger partial charge in [-0.1, -0.05) is 18.2 Å². The summed E-state index contributed by atoms with van der Waals surface area (Å²) in [6, 6.07) is 10.5. The fraction of sp³-hybridized carbons (Fsp3) is 0.190. The zero-order chi connectivity index (χ0) is 21.5. The third-order valence-electron chi connectivity index (χ3n) is 5.21. The average molecular weight is 420 g/mol. The van der Waals surface area contributed by atoms with Crippen molar-refractivity contribution >= 4 is 28.2 Å². The molecule has 0 radical (unpaired) electrons. The SMILES string of the molecule is COc1cc(F)c([N+](=O)[O-])cc1Nc1ncnc(-c2cn(C3CC3)c3ccccc23)n1. The number of anilines is 2. The molecular formula is C21H17FN6O3. The molecule has 1 aliphatic rings. The monoisotopic (exact) mass is 420 g/mol. The molecule has 0 spiro atoms. The Morgan fingerprint density at radius 3 is 2.81 bits per heavy atom. The first-order valence-corrected chi connectivity index (χ1v) is 9.63. The molecule has 31 heavy (non-hydrogen) atoms. The smallest absolute Gasteiger partial charge is 0.307 e. The zero-order valence-corrected chi connectivity index (χ0v) is 16.4. The first-order valence-electron chi connectivity index (χ1n) is 9.63. The minimum Gasteiger partial charge on any atom is -0.494 e. The molecule has 4 aromatic rings. The average Bonchev–Trinajstić information content (AvgIpc) is 3.54. The van der Waals surface area contributed by atoms with Gasteiger partial charge in [-0.2, -0.15) is 9.37 Å². The van der Waals surface area contributed by atoms with Crippen LogP contribution in [0.15, 0.2) is 48.9 Å². The molecule has 0 unspecified atom stereocenters. The molecule has 2 aromatic heterocycles. The lowest BCUT2D eigenvalue weighted by Gasteiger charge is -2.10. The van der Waals surface area contributed by atoms with Crippen molar-refractivity contribution in [2.45, 2.75) is 18.9 Å². The van der Waals surface area contributed by atoms with Crippen LogP contribution >= 0.6 is 0 Å². The zero-order valence-electron chi connectivity index (χ0n) is 16.4. The normalized spacial score (nSPS) is 13.4. The van der Waals surface area contributed by atoms with Crippen LogP contribution in [-0.4, -0.2) is 31.6 Å². The van der Waals surface area contributed by atoms with Crippen LogP contribution < -0.4 is 10.1 Å². The maximum atomic E-state index is 13.9. The first kappa shape index (κ1) is 18.9. The second-order valence-corrected chi connectivity index (χ2v) is 7.22. The van der Waals surface area contributed by atoms with E-state index in [1.54, 1.807) is 0 Å². The van der Waals surface area contributed by atoms with Gasteiger partial charge >= 0.3 is 5.69 Å². The van der Waals surface area contributed by atoms with Gasteiger partial charge in [0, 0.05) is 40.8 Å². The number of fused-ring (bicyclic) bond motifs is 1. The van der Waals surface area contributed by atoms with Crippen LogP contribution in [0.1, 0.15) is 18.9 Å². The number of para-hydroxylation sites is 1. The highest BCUT2D eigenvalue weighted by molar-refractivity contribution is 5.94. The van der Waals surface area contributed by atoms with E-state index in [1.165, 1.54) is 13.4 Å². The van der Waals surface area contributed by atoms with E-state index in [9.17, 15) is 14.5 Å². The molecule has 0 saturated heterocycles. The van der Waals surface area contributed by atoms with Crippen LogP contribution in [0.2, 0.25) is 0 Å². The van der Waals surface area contributed by atoms with E-state index in [-0.39, 0.29) is 17.4 Å². The number of rotatable bonds is 6. The largest absolute Gasteiger partial charge is 0.494 e. The topological polar surface area (TPSA) is 108 Å². The molecule has 0 bridgehead atoms. The summed E-state index contributed by atoms with van der Waals surface area (Å²) in [5, 5.41) is 15.0. The van der Waals surface area contributed by atoms with Gasteiger partial charge < -0.3 is 14.6 Å². The third-order valence-corrected chi connectivity index (χ3v) is 5.21. The number of ether oxygens (including phenoxy) is 1. The molecule has 0 amide bonds. The van der Waals surface area contributed by atoms with Gasteiger partial charge in [0.15, 0.2) is 5.82 Å². The molecule has 0 aliphatic heterocycles. The lowest BCUT2D eigenvalue weighted by atomic mass is 10.1. The molecule has 10 heteroatoms. The fourth-order valence-corrected chi connectivity index (χ4v) is 3.59. The predicted molar refractivity (Wildman–Crippen MR) is 112 cm³/mol. The fourth-order valence-electron chi connectivity index (χ4n) is 3.59. The predicted octanol–water partition coefficient (Wildman–Crippen LogP) is 4.63. The van der Waals surface area contributed by atoms with Crippen molar-refractivity contribution in [1.29, 1.82) is 0 Å². The summed E-state index contributed by atoms with van der Waals surface area (Å²) in [6.07, 6.45) is 5.69. The number of nitrogens with zero attached hydrogens (tertiary/aromatic N) is 5. The maximum Gasteiger partial charge on any atom is 0.307 e. The number of methoxy groups -OCH3 is 1. The van der Waals surface area contributed by atoms with Crippen LogP contribution in [0.4, 0.5) is 21.7 Å². The van der Waals surface area contributed by atoms with Crippen molar-refractivity contribution in [3.63, 3.8) is 0 Å². The van der Waals surface area contributed by atoms with E-state index in [1.807, 2.05) is 24.4 Å². The van der Waals surface area contributed by atoms with E-state index in [0.717, 1.165) is 41.4 Å². The molecular weight excluding hydrogens is 403 g/mol. The second-order valence-electron chi connectivity index (χ2n) is 7.22. The summed E-state index contributed by atoms with van der Waals surface area (Å²) in [5.41, 5.74) is 1.48. The van der Waals surface area contributed by atoms with Crippen molar-refractivity contribution < 1.29 is 14.1 Å². The summed E-state index contributed by atoms with van der Waals surface area (Å²) in [7, 11) is 1.34. The van der Waals surface area contributed by atoms with Crippen molar-refractivity contribution in [3.8, 4) is 17.1 Å². The Bertz CT molecular complexity index is 1320. The first-order chi connectivity index (χ1) is 15.0. The molecule has 9 nitrogen and oxygen atoms in total. The molecule has 156 valence electrons. The third kappa shape index (κ3) is 3.41. The molecule has 2 heterocycles. The number of halogens is 1. The number of hydrogen-bond donors (Lipinski definition) is 1. The van der Waals surface area contributed by atoms with Gasteiger partial charge in [-0.3, -0.25) is 10.1 Å². The molecule has 1 N–H and O–H groups in total. The van der Waals surface area contributed by atoms with Crippen molar-refractivity contribution in [3.05, 3.63) is 64.9 Å². The Labute approximate surface area is 175 Å². The minimum absolute atomic E-state index is 0.0930. The summed E-state index contributed by atoms with van der Waals surface area (Å²) >= 11 is 0. The van der Waals surface area contributed by atoms with Crippen molar-refractivity contribution in [2.75, 3.05) is 12.4 Å². The number of hydrogen-bond acceptors (Lipinski definition) is 7. The van der Waals surface area contributed by atoms with E-state index in [4.69, 9.17) is 4.74 Å². The van der Waals surface area contributed by atoms with E-state index < -0.39 is 16.4 Å². The van der Waals surface area contributed by atoms with Crippen LogP contribution in [0.3, 0.4) is 0 Å². The number of nitro groups is 1. The van der Waals surface area contributed by atoms with Gasteiger partial charge in [-0.15, -0.1) is 0 Å². The van der Waals surface area contributed by atoms with Crippen molar-refractivity contribution in [2.24, 2.45) is 0 Å². The highest BCUT2D eigenvalue weighted by Gasteiger charge is 2.26. The van der Waals surface area contributed by atoms with Gasteiger partial charge in [0.25, 0.3) is 0 Å². The molecule has 1 fully saturated rings. The van der Waals surface area contributed by atoms with Gasteiger partial charge in [-0.05, 0) is 18.9 Å². The molecule has 1 aliphatic carbocycles. The highest BCUT2D eigenvalue weighted by Crippen LogP contribution is 2.41. The molecule has 5 rings (SSSR count). The van der Waals surface area contributed by atoms with E-state index in [2.05, 4.69) is 30.9 Å². The van der Waals surface area contributed by atoms with Crippen molar-refractivity contribution in [1.82, 2.24) is 19.5 Å². The molecule has 2 aromatic carbocycles. The van der Waals surface area contributed by atoms with Gasteiger partial charge in [0.05, 0.1) is 17.7 Å². The maximum absolute atomic E-state index is 13.9. The second kappa shape index (κ2) is 7.31. The van der Waals surface area contributed by atoms with Gasteiger partial charge in [-0.25, -0.2) is 9.97 Å². The Balaban J connectivity index is 1.55. The highest BCUT2D eigenvalue weighted by atomic mass is 19.1. The Morgan fingerprint density at radius 2 is 2.06 bits per heavy atom. The summed E-state index contributed by atoms with van der Waals surface area (Å²) in [6.45, 7) is 0. The quantitative estimate of drug-likeness (QED) is 0.358. The lowest BCUT2D eigenvalue weighted by molar-refractivity contribution is -0.387.